The Bertz CT molecular complexity index is 634. The van der Waals surface area contributed by atoms with Crippen molar-refractivity contribution in [1.29, 1.82) is 0 Å². The molecule has 3 rings (SSSR count). The molecule has 3 atom stereocenters. The molecule has 3 nitrogen and oxygen atoms in total. The summed E-state index contributed by atoms with van der Waals surface area (Å²) in [6.07, 6.45) is -0.667. The number of aliphatic hydroxyl groups excluding tert-OH is 1. The SMILES string of the molecule is C[N+]1(Cc2ccccc2)C[C@@H](O)[C@@H](Oc2cccc(Cl)c2)C1. The molecule has 2 aromatic carbocycles. The van der Waals surface area contributed by atoms with Crippen LogP contribution in [0.4, 0.5) is 0 Å². The molecule has 1 aliphatic rings. The van der Waals surface area contributed by atoms with Crippen molar-refractivity contribution in [2.45, 2.75) is 18.8 Å². The summed E-state index contributed by atoms with van der Waals surface area (Å²) in [4.78, 5) is 0. The molecule has 0 aromatic heterocycles. The summed E-state index contributed by atoms with van der Waals surface area (Å²) in [6.45, 7) is 2.37. The maximum absolute atomic E-state index is 10.4. The molecule has 0 radical (unpaired) electrons. The van der Waals surface area contributed by atoms with Gasteiger partial charge >= 0.3 is 0 Å². The monoisotopic (exact) mass is 318 g/mol. The first-order chi connectivity index (χ1) is 10.5. The van der Waals surface area contributed by atoms with Gasteiger partial charge in [-0.25, -0.2) is 0 Å². The number of likely N-dealkylation sites (N-methyl/N-ethyl adjacent to an activating group) is 1. The van der Waals surface area contributed by atoms with E-state index in [9.17, 15) is 5.11 Å². The van der Waals surface area contributed by atoms with Crippen molar-refractivity contribution in [3.8, 4) is 5.75 Å². The highest BCUT2D eigenvalue weighted by Gasteiger charge is 2.43. The maximum atomic E-state index is 10.4. The molecule has 1 unspecified atom stereocenters. The van der Waals surface area contributed by atoms with E-state index in [4.69, 9.17) is 16.3 Å². The number of hydrogen-bond donors (Lipinski definition) is 1. The highest BCUT2D eigenvalue weighted by molar-refractivity contribution is 6.30. The lowest BCUT2D eigenvalue weighted by atomic mass is 10.2. The standard InChI is InChI=1S/C18H21ClNO2/c1-20(11-14-6-3-2-4-7-14)12-17(21)18(13-20)22-16-9-5-8-15(19)10-16/h2-10,17-18,21H,11-13H2,1H3/q+1/t17-,18+,20?/m1/s1. The number of hydrogen-bond acceptors (Lipinski definition) is 2. The van der Waals surface area contributed by atoms with Gasteiger partial charge in [-0.05, 0) is 18.2 Å². The van der Waals surface area contributed by atoms with E-state index in [1.54, 1.807) is 6.07 Å². The zero-order chi connectivity index (χ0) is 15.6. The lowest BCUT2D eigenvalue weighted by molar-refractivity contribution is -0.913. The van der Waals surface area contributed by atoms with E-state index in [1.165, 1.54) is 5.56 Å². The van der Waals surface area contributed by atoms with Crippen molar-refractivity contribution in [3.63, 3.8) is 0 Å². The second kappa shape index (κ2) is 6.29. The van der Waals surface area contributed by atoms with Crippen molar-refractivity contribution in [1.82, 2.24) is 0 Å². The molecule has 0 spiro atoms. The molecule has 22 heavy (non-hydrogen) atoms. The molecule has 116 valence electrons. The van der Waals surface area contributed by atoms with Gasteiger partial charge in [0.05, 0.1) is 7.05 Å². The quantitative estimate of drug-likeness (QED) is 0.878. The summed E-state index contributed by atoms with van der Waals surface area (Å²) in [5.41, 5.74) is 1.28. The van der Waals surface area contributed by atoms with Gasteiger partial charge in [0.15, 0.2) is 6.10 Å². The van der Waals surface area contributed by atoms with Crippen LogP contribution >= 0.6 is 11.6 Å². The normalized spacial score (nSPS) is 27.8. The number of quaternary nitrogens is 1. The van der Waals surface area contributed by atoms with Gasteiger partial charge in [-0.15, -0.1) is 0 Å². The number of benzene rings is 2. The second-order valence-corrected chi connectivity index (χ2v) is 6.75. The average molecular weight is 319 g/mol. The van der Waals surface area contributed by atoms with Gasteiger partial charge in [0.2, 0.25) is 0 Å². The molecule has 2 aromatic rings. The predicted octanol–water partition coefficient (Wildman–Crippen LogP) is 3.11. The fraction of sp³-hybridized carbons (Fsp3) is 0.333. The lowest BCUT2D eigenvalue weighted by Crippen LogP contribution is -2.42. The molecule has 1 heterocycles. The van der Waals surface area contributed by atoms with E-state index in [-0.39, 0.29) is 6.10 Å². The summed E-state index contributed by atoms with van der Waals surface area (Å²) < 4.78 is 6.73. The largest absolute Gasteiger partial charge is 0.481 e. The van der Waals surface area contributed by atoms with Crippen LogP contribution in [0.15, 0.2) is 54.6 Å². The van der Waals surface area contributed by atoms with Crippen LogP contribution in [-0.2, 0) is 6.54 Å². The minimum absolute atomic E-state index is 0.202. The van der Waals surface area contributed by atoms with Gasteiger partial charge in [-0.2, -0.15) is 0 Å². The van der Waals surface area contributed by atoms with Gasteiger partial charge in [0.1, 0.15) is 31.5 Å². The second-order valence-electron chi connectivity index (χ2n) is 6.31. The van der Waals surface area contributed by atoms with Crippen molar-refractivity contribution in [2.75, 3.05) is 20.1 Å². The zero-order valence-electron chi connectivity index (χ0n) is 12.7. The van der Waals surface area contributed by atoms with E-state index in [1.807, 2.05) is 36.4 Å². The smallest absolute Gasteiger partial charge is 0.178 e. The Balaban J connectivity index is 1.68. The van der Waals surface area contributed by atoms with E-state index >= 15 is 0 Å². The summed E-state index contributed by atoms with van der Waals surface area (Å²) >= 11 is 5.98. The third kappa shape index (κ3) is 3.61. The van der Waals surface area contributed by atoms with Crippen LogP contribution < -0.4 is 4.74 Å². The number of aliphatic hydroxyl groups is 1. The molecule has 1 fully saturated rings. The summed E-state index contributed by atoms with van der Waals surface area (Å²) in [5, 5.41) is 11.0. The van der Waals surface area contributed by atoms with Crippen molar-refractivity contribution in [2.24, 2.45) is 0 Å². The summed E-state index contributed by atoms with van der Waals surface area (Å²) in [5.74, 6) is 0.713. The van der Waals surface area contributed by atoms with Crippen molar-refractivity contribution >= 4 is 11.6 Å². The van der Waals surface area contributed by atoms with Crippen LogP contribution in [0.3, 0.4) is 0 Å². The van der Waals surface area contributed by atoms with Crippen molar-refractivity contribution < 1.29 is 14.3 Å². The molecule has 1 saturated heterocycles. The Hall–Kier alpha value is -1.55. The molecule has 0 aliphatic carbocycles. The Labute approximate surface area is 136 Å². The molecule has 1 aliphatic heterocycles. The van der Waals surface area contributed by atoms with Gasteiger partial charge < -0.3 is 14.3 Å². The fourth-order valence-corrected chi connectivity index (χ4v) is 3.36. The predicted molar refractivity (Wildman–Crippen MR) is 87.9 cm³/mol. The molecule has 1 N–H and O–H groups in total. The Morgan fingerprint density at radius 3 is 2.64 bits per heavy atom. The summed E-state index contributed by atoms with van der Waals surface area (Å²) in [6, 6.07) is 17.7. The Morgan fingerprint density at radius 1 is 1.14 bits per heavy atom. The fourth-order valence-electron chi connectivity index (χ4n) is 3.18. The van der Waals surface area contributed by atoms with Gasteiger partial charge in [0, 0.05) is 10.6 Å². The third-order valence-electron chi connectivity index (χ3n) is 4.17. The van der Waals surface area contributed by atoms with Gasteiger partial charge in [-0.3, -0.25) is 0 Å². The molecule has 4 heteroatoms. The number of ether oxygens (including phenoxy) is 1. The van der Waals surface area contributed by atoms with E-state index in [0.717, 1.165) is 17.6 Å². The van der Waals surface area contributed by atoms with Crippen LogP contribution in [0.1, 0.15) is 5.56 Å². The van der Waals surface area contributed by atoms with Crippen molar-refractivity contribution in [3.05, 3.63) is 65.2 Å². The van der Waals surface area contributed by atoms with E-state index in [2.05, 4.69) is 19.2 Å². The first-order valence-electron chi connectivity index (χ1n) is 7.52. The van der Waals surface area contributed by atoms with Crippen LogP contribution in [0.25, 0.3) is 0 Å². The number of rotatable bonds is 4. The Morgan fingerprint density at radius 2 is 1.91 bits per heavy atom. The number of nitrogens with zero attached hydrogens (tertiary/aromatic N) is 1. The first-order valence-corrected chi connectivity index (χ1v) is 7.90. The molecule has 0 saturated carbocycles. The lowest BCUT2D eigenvalue weighted by Gasteiger charge is -2.29. The Kier molecular flexibility index (Phi) is 4.39. The highest BCUT2D eigenvalue weighted by Crippen LogP contribution is 2.26. The molecular weight excluding hydrogens is 298 g/mol. The number of halogens is 1. The van der Waals surface area contributed by atoms with E-state index < -0.39 is 6.10 Å². The van der Waals surface area contributed by atoms with Crippen LogP contribution in [0, 0.1) is 0 Å². The topological polar surface area (TPSA) is 29.5 Å². The average Bonchev–Trinajstić information content (AvgIpc) is 2.74. The van der Waals surface area contributed by atoms with Crippen LogP contribution in [0.2, 0.25) is 5.02 Å². The molecule has 0 bridgehead atoms. The minimum Gasteiger partial charge on any atom is -0.481 e. The van der Waals surface area contributed by atoms with Crippen LogP contribution in [-0.4, -0.2) is 41.9 Å². The van der Waals surface area contributed by atoms with Crippen LogP contribution in [0.5, 0.6) is 5.75 Å². The zero-order valence-corrected chi connectivity index (χ0v) is 13.4. The number of likely N-dealkylation sites (tertiary alicyclic amines) is 1. The molecule has 0 amide bonds. The maximum Gasteiger partial charge on any atom is 0.178 e. The minimum atomic E-state index is -0.465. The first kappa shape index (κ1) is 15.3. The van der Waals surface area contributed by atoms with Gasteiger partial charge in [0.25, 0.3) is 0 Å². The molecular formula is C18H21ClNO2+. The highest BCUT2D eigenvalue weighted by atomic mass is 35.5. The van der Waals surface area contributed by atoms with E-state index in [0.29, 0.717) is 17.3 Å². The third-order valence-corrected chi connectivity index (χ3v) is 4.40. The summed E-state index contributed by atoms with van der Waals surface area (Å²) in [7, 11) is 2.16. The van der Waals surface area contributed by atoms with Gasteiger partial charge in [-0.1, -0.05) is 48.0 Å².